The van der Waals surface area contributed by atoms with Gasteiger partial charge in [-0.25, -0.2) is 12.8 Å². The second kappa shape index (κ2) is 5.98. The van der Waals surface area contributed by atoms with E-state index in [-0.39, 0.29) is 29.0 Å². The highest BCUT2D eigenvalue weighted by Crippen LogP contribution is 2.25. The van der Waals surface area contributed by atoms with Crippen LogP contribution in [0.25, 0.3) is 0 Å². The molecule has 1 heterocycles. The van der Waals surface area contributed by atoms with Gasteiger partial charge in [-0.05, 0) is 31.0 Å². The molecule has 1 unspecified atom stereocenters. The van der Waals surface area contributed by atoms with Gasteiger partial charge < -0.3 is 11.1 Å². The fraction of sp³-hybridized carbons (Fsp3) is 0.462. The lowest BCUT2D eigenvalue weighted by atomic mass is 9.99. The van der Waals surface area contributed by atoms with Crippen LogP contribution in [0.15, 0.2) is 23.1 Å². The maximum Gasteiger partial charge on any atom is 0.243 e. The molecule has 1 aliphatic heterocycles. The van der Waals surface area contributed by atoms with E-state index in [9.17, 15) is 17.6 Å². The number of piperidine rings is 1. The topological polar surface area (TPSA) is 92.5 Å². The fourth-order valence-corrected chi connectivity index (χ4v) is 4.05. The lowest BCUT2D eigenvalue weighted by molar-refractivity contribution is -0.125. The predicted octanol–water partition coefficient (Wildman–Crippen LogP) is 0.555. The van der Waals surface area contributed by atoms with Crippen molar-refractivity contribution in [2.75, 3.05) is 25.9 Å². The largest absolute Gasteiger partial charge is 0.399 e. The number of hydrogen-bond donors (Lipinski definition) is 2. The zero-order valence-corrected chi connectivity index (χ0v) is 12.5. The van der Waals surface area contributed by atoms with Gasteiger partial charge in [-0.2, -0.15) is 4.31 Å². The van der Waals surface area contributed by atoms with Crippen molar-refractivity contribution in [3.63, 3.8) is 0 Å². The zero-order valence-electron chi connectivity index (χ0n) is 11.7. The monoisotopic (exact) mass is 315 g/mol. The molecule has 0 radical (unpaired) electrons. The Morgan fingerprint density at radius 1 is 1.43 bits per heavy atom. The van der Waals surface area contributed by atoms with E-state index in [0.717, 1.165) is 12.1 Å². The van der Waals surface area contributed by atoms with Crippen LogP contribution in [0.1, 0.15) is 12.8 Å². The molecule has 8 heteroatoms. The Labute approximate surface area is 123 Å². The highest BCUT2D eigenvalue weighted by Gasteiger charge is 2.33. The quantitative estimate of drug-likeness (QED) is 0.797. The fourth-order valence-electron chi connectivity index (χ4n) is 2.46. The van der Waals surface area contributed by atoms with E-state index in [4.69, 9.17) is 5.73 Å². The van der Waals surface area contributed by atoms with E-state index in [1.54, 1.807) is 0 Å². The molecule has 1 saturated heterocycles. The number of carbonyl (C=O) groups is 1. The summed E-state index contributed by atoms with van der Waals surface area (Å²) < 4.78 is 39.6. The highest BCUT2D eigenvalue weighted by atomic mass is 32.2. The van der Waals surface area contributed by atoms with E-state index in [0.29, 0.717) is 19.4 Å². The van der Waals surface area contributed by atoms with E-state index < -0.39 is 15.8 Å². The van der Waals surface area contributed by atoms with Gasteiger partial charge in [0.2, 0.25) is 15.9 Å². The van der Waals surface area contributed by atoms with Gasteiger partial charge in [0, 0.05) is 25.8 Å². The average Bonchev–Trinajstić information content (AvgIpc) is 2.45. The van der Waals surface area contributed by atoms with Crippen LogP contribution in [0.3, 0.4) is 0 Å². The molecule has 116 valence electrons. The molecule has 6 nitrogen and oxygen atoms in total. The first-order valence-electron chi connectivity index (χ1n) is 6.62. The van der Waals surface area contributed by atoms with Crippen LogP contribution in [0.2, 0.25) is 0 Å². The Kier molecular flexibility index (Phi) is 4.48. The van der Waals surface area contributed by atoms with E-state index >= 15 is 0 Å². The number of rotatable bonds is 3. The van der Waals surface area contributed by atoms with Crippen LogP contribution in [0.4, 0.5) is 10.1 Å². The molecular formula is C13H18FN3O3S. The molecule has 1 aromatic rings. The molecule has 0 bridgehead atoms. The van der Waals surface area contributed by atoms with Crippen LogP contribution >= 0.6 is 0 Å². The minimum atomic E-state index is -3.85. The Morgan fingerprint density at radius 2 is 2.14 bits per heavy atom. The summed E-state index contributed by atoms with van der Waals surface area (Å²) in [6.07, 6.45) is 1.22. The zero-order chi connectivity index (χ0) is 15.6. The summed E-state index contributed by atoms with van der Waals surface area (Å²) in [6, 6.07) is 3.22. The number of benzene rings is 1. The summed E-state index contributed by atoms with van der Waals surface area (Å²) in [6.45, 7) is 0.407. The second-order valence-corrected chi connectivity index (χ2v) is 6.97. The molecule has 0 spiro atoms. The number of nitrogens with two attached hydrogens (primary N) is 1. The lowest BCUT2D eigenvalue weighted by Gasteiger charge is -2.31. The maximum absolute atomic E-state index is 13.4. The van der Waals surface area contributed by atoms with Crippen molar-refractivity contribution < 1.29 is 17.6 Å². The Morgan fingerprint density at radius 3 is 2.76 bits per heavy atom. The van der Waals surface area contributed by atoms with Crippen LogP contribution in [-0.2, 0) is 14.8 Å². The highest BCUT2D eigenvalue weighted by molar-refractivity contribution is 7.89. The maximum atomic E-state index is 13.4. The first kappa shape index (κ1) is 15.7. The lowest BCUT2D eigenvalue weighted by Crippen LogP contribution is -2.44. The standard InChI is InChI=1S/C13H18FN3O3S/c1-16-13(18)9-3-2-4-17(8-9)21(19,20)12-6-10(14)5-11(15)7-12/h5-7,9H,2-4,8,15H2,1H3,(H,16,18). The summed E-state index contributed by atoms with van der Waals surface area (Å²) in [7, 11) is -2.33. The number of amides is 1. The Bertz CT molecular complexity index is 628. The number of halogens is 1. The molecule has 1 aromatic carbocycles. The summed E-state index contributed by atoms with van der Waals surface area (Å²) in [5.41, 5.74) is 5.55. The number of carbonyl (C=O) groups excluding carboxylic acids is 1. The number of nitrogens with one attached hydrogen (secondary N) is 1. The summed E-state index contributed by atoms with van der Waals surface area (Å²) in [4.78, 5) is 11.5. The number of nitrogens with zero attached hydrogens (tertiary/aromatic N) is 1. The number of nitrogen functional groups attached to an aromatic ring is 1. The van der Waals surface area contributed by atoms with E-state index in [2.05, 4.69) is 5.32 Å². The average molecular weight is 315 g/mol. The van der Waals surface area contributed by atoms with Crippen molar-refractivity contribution in [1.82, 2.24) is 9.62 Å². The molecule has 1 amide bonds. The van der Waals surface area contributed by atoms with Crippen molar-refractivity contribution in [1.29, 1.82) is 0 Å². The van der Waals surface area contributed by atoms with Crippen molar-refractivity contribution in [3.8, 4) is 0 Å². The summed E-state index contributed by atoms with van der Waals surface area (Å²) in [5, 5.41) is 2.52. The van der Waals surface area contributed by atoms with Crippen molar-refractivity contribution in [2.24, 2.45) is 5.92 Å². The van der Waals surface area contributed by atoms with Crippen LogP contribution in [0, 0.1) is 11.7 Å². The van der Waals surface area contributed by atoms with E-state index in [1.165, 1.54) is 17.4 Å². The normalized spacial score (nSPS) is 20.2. The number of hydrogen-bond acceptors (Lipinski definition) is 4. The Balaban J connectivity index is 2.28. The first-order chi connectivity index (χ1) is 9.84. The first-order valence-corrected chi connectivity index (χ1v) is 8.06. The van der Waals surface area contributed by atoms with Gasteiger partial charge in [0.15, 0.2) is 0 Å². The number of anilines is 1. The van der Waals surface area contributed by atoms with Crippen LogP contribution in [0.5, 0.6) is 0 Å². The van der Waals surface area contributed by atoms with Gasteiger partial charge in [-0.15, -0.1) is 0 Å². The molecule has 3 N–H and O–H groups in total. The van der Waals surface area contributed by atoms with Gasteiger partial charge in [-0.1, -0.05) is 0 Å². The molecule has 0 aromatic heterocycles. The smallest absolute Gasteiger partial charge is 0.243 e. The minimum absolute atomic E-state index is 0.0495. The molecule has 1 fully saturated rings. The van der Waals surface area contributed by atoms with Crippen LogP contribution < -0.4 is 11.1 Å². The SMILES string of the molecule is CNC(=O)C1CCCN(S(=O)(=O)c2cc(N)cc(F)c2)C1. The second-order valence-electron chi connectivity index (χ2n) is 5.04. The van der Waals surface area contributed by atoms with Crippen molar-refractivity contribution >= 4 is 21.6 Å². The molecule has 1 aliphatic rings. The molecule has 0 aliphatic carbocycles. The van der Waals surface area contributed by atoms with Crippen LogP contribution in [-0.4, -0.2) is 38.8 Å². The van der Waals surface area contributed by atoms with Gasteiger partial charge in [0.25, 0.3) is 0 Å². The third-order valence-electron chi connectivity index (χ3n) is 3.53. The van der Waals surface area contributed by atoms with Gasteiger partial charge in [0.05, 0.1) is 10.8 Å². The molecule has 2 rings (SSSR count). The summed E-state index contributed by atoms with van der Waals surface area (Å²) in [5.74, 6) is -1.27. The van der Waals surface area contributed by atoms with Crippen molar-refractivity contribution in [3.05, 3.63) is 24.0 Å². The third kappa shape index (κ3) is 3.33. The molecule has 0 saturated carbocycles. The van der Waals surface area contributed by atoms with Gasteiger partial charge in [0.1, 0.15) is 5.82 Å². The summed E-state index contributed by atoms with van der Waals surface area (Å²) >= 11 is 0. The third-order valence-corrected chi connectivity index (χ3v) is 5.38. The molecule has 21 heavy (non-hydrogen) atoms. The van der Waals surface area contributed by atoms with E-state index in [1.807, 2.05) is 0 Å². The minimum Gasteiger partial charge on any atom is -0.399 e. The molecule has 1 atom stereocenters. The Hall–Kier alpha value is -1.67. The predicted molar refractivity (Wildman–Crippen MR) is 76.4 cm³/mol. The van der Waals surface area contributed by atoms with Gasteiger partial charge >= 0.3 is 0 Å². The van der Waals surface area contributed by atoms with Gasteiger partial charge in [-0.3, -0.25) is 4.79 Å². The number of sulfonamides is 1. The van der Waals surface area contributed by atoms with Crippen molar-refractivity contribution in [2.45, 2.75) is 17.7 Å². The molecular weight excluding hydrogens is 297 g/mol.